The van der Waals surface area contributed by atoms with Gasteiger partial charge in [0.2, 0.25) is 0 Å². The first-order valence-corrected chi connectivity index (χ1v) is 6.32. The quantitative estimate of drug-likeness (QED) is 0.789. The molecular formula is C15H15N3O. The van der Waals surface area contributed by atoms with Gasteiger partial charge >= 0.3 is 0 Å². The number of hydrogen-bond acceptors (Lipinski definition) is 3. The number of nitrogens with zero attached hydrogens (tertiary/aromatic N) is 2. The lowest BCUT2D eigenvalue weighted by Gasteiger charge is -2.29. The van der Waals surface area contributed by atoms with Gasteiger partial charge in [-0.2, -0.15) is 0 Å². The van der Waals surface area contributed by atoms with Crippen molar-refractivity contribution in [2.75, 3.05) is 12.3 Å². The van der Waals surface area contributed by atoms with Crippen LogP contribution in [0.1, 0.15) is 21.6 Å². The highest BCUT2D eigenvalue weighted by atomic mass is 16.2. The van der Waals surface area contributed by atoms with Gasteiger partial charge in [-0.1, -0.05) is 18.2 Å². The highest BCUT2D eigenvalue weighted by Crippen LogP contribution is 2.24. The summed E-state index contributed by atoms with van der Waals surface area (Å²) in [5.41, 5.74) is 9.58. The van der Waals surface area contributed by atoms with Crippen LogP contribution in [0.25, 0.3) is 0 Å². The van der Waals surface area contributed by atoms with E-state index in [-0.39, 0.29) is 5.91 Å². The molecule has 1 aromatic heterocycles. The van der Waals surface area contributed by atoms with Crippen molar-refractivity contribution in [3.8, 4) is 0 Å². The lowest BCUT2D eigenvalue weighted by atomic mass is 9.98. The summed E-state index contributed by atoms with van der Waals surface area (Å²) in [6, 6.07) is 11.3. The molecule has 1 amide bonds. The maximum Gasteiger partial charge on any atom is 0.272 e. The maximum absolute atomic E-state index is 12.3. The van der Waals surface area contributed by atoms with Gasteiger partial charge in [-0.3, -0.25) is 9.78 Å². The lowest BCUT2D eigenvalue weighted by molar-refractivity contribution is 0.0729. The van der Waals surface area contributed by atoms with Gasteiger partial charge in [0.25, 0.3) is 5.91 Å². The molecule has 0 saturated heterocycles. The largest absolute Gasteiger partial charge is 0.398 e. The molecule has 2 aromatic rings. The van der Waals surface area contributed by atoms with Crippen molar-refractivity contribution < 1.29 is 4.79 Å². The van der Waals surface area contributed by atoms with Gasteiger partial charge in [-0.05, 0) is 35.7 Å². The second-order valence-corrected chi connectivity index (χ2v) is 4.68. The summed E-state index contributed by atoms with van der Waals surface area (Å²) in [5, 5.41) is 0. The van der Waals surface area contributed by atoms with E-state index in [1.54, 1.807) is 12.3 Å². The van der Waals surface area contributed by atoms with Crippen LogP contribution in [0, 0.1) is 0 Å². The third kappa shape index (κ3) is 2.17. The fraction of sp³-hybridized carbons (Fsp3) is 0.200. The van der Waals surface area contributed by atoms with E-state index in [4.69, 9.17) is 5.73 Å². The molecule has 4 nitrogen and oxygen atoms in total. The Kier molecular flexibility index (Phi) is 2.91. The smallest absolute Gasteiger partial charge is 0.272 e. The molecule has 2 N–H and O–H groups in total. The molecule has 3 rings (SSSR count). The Labute approximate surface area is 111 Å². The Morgan fingerprint density at radius 1 is 1.21 bits per heavy atom. The number of rotatable bonds is 1. The lowest BCUT2D eigenvalue weighted by Crippen LogP contribution is -2.36. The number of pyridine rings is 1. The van der Waals surface area contributed by atoms with Crippen LogP contribution in [0.15, 0.2) is 42.6 Å². The van der Waals surface area contributed by atoms with Crippen LogP contribution in [0.4, 0.5) is 5.69 Å². The van der Waals surface area contributed by atoms with Crippen molar-refractivity contribution in [2.24, 2.45) is 0 Å². The van der Waals surface area contributed by atoms with Crippen molar-refractivity contribution in [1.82, 2.24) is 9.88 Å². The SMILES string of the molecule is Nc1cccc2c1CCN(C(=O)c1ccccn1)C2. The van der Waals surface area contributed by atoms with Crippen LogP contribution in [-0.2, 0) is 13.0 Å². The summed E-state index contributed by atoms with van der Waals surface area (Å²) in [6.45, 7) is 1.30. The van der Waals surface area contributed by atoms with Crippen LogP contribution < -0.4 is 5.73 Å². The normalized spacial score (nSPS) is 14.0. The summed E-state index contributed by atoms with van der Waals surface area (Å²) in [6.07, 6.45) is 2.45. The van der Waals surface area contributed by atoms with E-state index < -0.39 is 0 Å². The first kappa shape index (κ1) is 11.7. The number of amides is 1. The Balaban J connectivity index is 1.85. The van der Waals surface area contributed by atoms with Crippen LogP contribution in [-0.4, -0.2) is 22.3 Å². The number of fused-ring (bicyclic) bond motifs is 1. The number of hydrogen-bond donors (Lipinski definition) is 1. The summed E-state index contributed by atoms with van der Waals surface area (Å²) in [4.78, 5) is 18.3. The summed E-state index contributed by atoms with van der Waals surface area (Å²) in [7, 11) is 0. The predicted octanol–water partition coefficient (Wildman–Crippen LogP) is 1.86. The molecule has 2 heterocycles. The van der Waals surface area contributed by atoms with E-state index in [1.165, 1.54) is 5.56 Å². The maximum atomic E-state index is 12.3. The summed E-state index contributed by atoms with van der Waals surface area (Å²) in [5.74, 6) is -0.0197. The average molecular weight is 253 g/mol. The first-order valence-electron chi connectivity index (χ1n) is 6.32. The van der Waals surface area contributed by atoms with E-state index in [9.17, 15) is 4.79 Å². The van der Waals surface area contributed by atoms with Crippen LogP contribution in [0.3, 0.4) is 0 Å². The molecule has 1 aromatic carbocycles. The molecule has 0 atom stereocenters. The van der Waals surface area contributed by atoms with E-state index in [0.717, 1.165) is 17.7 Å². The highest BCUT2D eigenvalue weighted by molar-refractivity contribution is 5.92. The molecule has 0 aliphatic carbocycles. The van der Waals surface area contributed by atoms with E-state index in [0.29, 0.717) is 18.8 Å². The van der Waals surface area contributed by atoms with Gasteiger partial charge < -0.3 is 10.6 Å². The van der Waals surface area contributed by atoms with Crippen LogP contribution in [0.5, 0.6) is 0 Å². The molecular weight excluding hydrogens is 238 g/mol. The molecule has 0 spiro atoms. The Hall–Kier alpha value is -2.36. The van der Waals surface area contributed by atoms with Crippen molar-refractivity contribution in [1.29, 1.82) is 0 Å². The minimum atomic E-state index is -0.0197. The van der Waals surface area contributed by atoms with Gasteiger partial charge in [0.15, 0.2) is 0 Å². The number of aromatic nitrogens is 1. The number of carbonyl (C=O) groups is 1. The van der Waals surface area contributed by atoms with Crippen LogP contribution >= 0.6 is 0 Å². The Bertz CT molecular complexity index is 610. The fourth-order valence-corrected chi connectivity index (χ4v) is 2.46. The molecule has 1 aliphatic heterocycles. The number of anilines is 1. The highest BCUT2D eigenvalue weighted by Gasteiger charge is 2.23. The minimum absolute atomic E-state index is 0.0197. The monoisotopic (exact) mass is 253 g/mol. The van der Waals surface area contributed by atoms with Gasteiger partial charge in [0, 0.05) is 25.0 Å². The number of carbonyl (C=O) groups excluding carboxylic acids is 1. The molecule has 4 heteroatoms. The van der Waals surface area contributed by atoms with E-state index in [1.807, 2.05) is 35.2 Å². The molecule has 0 unspecified atom stereocenters. The molecule has 0 radical (unpaired) electrons. The predicted molar refractivity (Wildman–Crippen MR) is 73.5 cm³/mol. The molecule has 0 bridgehead atoms. The van der Waals surface area contributed by atoms with Crippen molar-refractivity contribution in [3.05, 3.63) is 59.4 Å². The second kappa shape index (κ2) is 4.72. The summed E-state index contributed by atoms with van der Waals surface area (Å²) < 4.78 is 0. The van der Waals surface area contributed by atoms with Gasteiger partial charge in [0.05, 0.1) is 0 Å². The first-order chi connectivity index (χ1) is 9.25. The second-order valence-electron chi connectivity index (χ2n) is 4.68. The van der Waals surface area contributed by atoms with Crippen molar-refractivity contribution >= 4 is 11.6 Å². The van der Waals surface area contributed by atoms with Crippen LogP contribution in [0.2, 0.25) is 0 Å². The molecule has 96 valence electrons. The zero-order valence-corrected chi connectivity index (χ0v) is 10.5. The number of nitrogens with two attached hydrogens (primary N) is 1. The average Bonchev–Trinajstić information content (AvgIpc) is 2.47. The van der Waals surface area contributed by atoms with Gasteiger partial charge in [-0.15, -0.1) is 0 Å². The molecule has 1 aliphatic rings. The Morgan fingerprint density at radius 2 is 2.11 bits per heavy atom. The minimum Gasteiger partial charge on any atom is -0.398 e. The standard InChI is InChI=1S/C15H15N3O/c16-13-5-3-4-11-10-18(9-7-12(11)13)15(19)14-6-1-2-8-17-14/h1-6,8H,7,9-10,16H2. The number of nitrogen functional groups attached to an aromatic ring is 1. The van der Waals surface area contributed by atoms with Crippen molar-refractivity contribution in [3.63, 3.8) is 0 Å². The molecule has 0 fully saturated rings. The van der Waals surface area contributed by atoms with Gasteiger partial charge in [0.1, 0.15) is 5.69 Å². The third-order valence-electron chi connectivity index (χ3n) is 3.47. The number of benzene rings is 1. The molecule has 0 saturated carbocycles. The van der Waals surface area contributed by atoms with Gasteiger partial charge in [-0.25, -0.2) is 0 Å². The van der Waals surface area contributed by atoms with E-state index in [2.05, 4.69) is 4.98 Å². The van der Waals surface area contributed by atoms with E-state index >= 15 is 0 Å². The van der Waals surface area contributed by atoms with Crippen molar-refractivity contribution in [2.45, 2.75) is 13.0 Å². The zero-order valence-electron chi connectivity index (χ0n) is 10.5. The Morgan fingerprint density at radius 3 is 2.89 bits per heavy atom. The molecule has 19 heavy (non-hydrogen) atoms. The third-order valence-corrected chi connectivity index (χ3v) is 3.47. The fourth-order valence-electron chi connectivity index (χ4n) is 2.46. The topological polar surface area (TPSA) is 59.2 Å². The zero-order chi connectivity index (χ0) is 13.2. The summed E-state index contributed by atoms with van der Waals surface area (Å²) >= 11 is 0.